The average molecular weight is 531 g/mol. The van der Waals surface area contributed by atoms with Crippen molar-refractivity contribution in [3.8, 4) is 16.3 Å². The predicted octanol–water partition coefficient (Wildman–Crippen LogP) is 5.40. The summed E-state index contributed by atoms with van der Waals surface area (Å²) in [6.45, 7) is 1.86. The fraction of sp³-hybridized carbons (Fsp3) is 0.179. The Balaban J connectivity index is 1.20. The molecule has 0 saturated heterocycles. The number of hydrogen-bond acceptors (Lipinski definition) is 7. The molecule has 0 radical (unpaired) electrons. The van der Waals surface area contributed by atoms with Crippen molar-refractivity contribution in [3.63, 3.8) is 0 Å². The molecule has 188 valence electrons. The van der Waals surface area contributed by atoms with E-state index in [1.165, 1.54) is 23.1 Å². The summed E-state index contributed by atoms with van der Waals surface area (Å²) < 4.78 is 5.75. The molecule has 0 spiro atoms. The lowest BCUT2D eigenvalue weighted by Crippen LogP contribution is -2.22. The van der Waals surface area contributed by atoms with E-state index in [4.69, 9.17) is 4.74 Å². The van der Waals surface area contributed by atoms with Gasteiger partial charge < -0.3 is 20.3 Å². The van der Waals surface area contributed by atoms with Crippen LogP contribution in [0.3, 0.4) is 0 Å². The lowest BCUT2D eigenvalue weighted by atomic mass is 10.1. The second-order valence-corrected chi connectivity index (χ2v) is 11.0. The molecule has 1 aromatic heterocycles. The average Bonchev–Trinajstić information content (AvgIpc) is 3.32. The van der Waals surface area contributed by atoms with Gasteiger partial charge in [0.1, 0.15) is 17.4 Å². The number of ether oxygens (including phenoxy) is 1. The van der Waals surface area contributed by atoms with Crippen molar-refractivity contribution >= 4 is 40.6 Å². The molecule has 4 aromatic rings. The normalized spacial score (nSPS) is 12.4. The maximum absolute atomic E-state index is 12.9. The second-order valence-electron chi connectivity index (χ2n) is 8.75. The molecule has 2 heterocycles. The van der Waals surface area contributed by atoms with Gasteiger partial charge in [-0.25, -0.2) is 4.98 Å². The summed E-state index contributed by atoms with van der Waals surface area (Å²) >= 11 is 3.05. The van der Waals surface area contributed by atoms with Crippen molar-refractivity contribution in [1.29, 1.82) is 0 Å². The first kappa shape index (κ1) is 25.0. The molecule has 0 saturated carbocycles. The highest BCUT2D eigenvalue weighted by atomic mass is 32.2. The minimum absolute atomic E-state index is 0.176. The lowest BCUT2D eigenvalue weighted by molar-refractivity contribution is 0.0949. The lowest BCUT2D eigenvalue weighted by Gasteiger charge is -2.11. The standard InChI is InChI=1S/C28H26N4O3S2/c1-32(2)13-14-35-20-10-7-18(8-11-20)28-30-17-21(36-28)16-29-26(33)19-9-12-25-23(15-19)31-27(34)22-5-3-4-6-24(22)37-25/h3-12,15,17H,13-14,16H2,1-2H3,(H,29,33)(H,31,34). The third-order valence-electron chi connectivity index (χ3n) is 5.73. The molecule has 1 aliphatic heterocycles. The van der Waals surface area contributed by atoms with Crippen molar-refractivity contribution in [2.75, 3.05) is 32.6 Å². The molecule has 3 aromatic carbocycles. The zero-order valence-corrected chi connectivity index (χ0v) is 22.1. The van der Waals surface area contributed by atoms with Crippen molar-refractivity contribution in [2.24, 2.45) is 0 Å². The molecule has 9 heteroatoms. The van der Waals surface area contributed by atoms with E-state index >= 15 is 0 Å². The number of amides is 2. The number of nitrogens with zero attached hydrogens (tertiary/aromatic N) is 2. The molecular formula is C28H26N4O3S2. The van der Waals surface area contributed by atoms with Gasteiger partial charge in [0.15, 0.2) is 0 Å². The Morgan fingerprint density at radius 3 is 2.68 bits per heavy atom. The number of nitrogens with one attached hydrogen (secondary N) is 2. The van der Waals surface area contributed by atoms with Gasteiger partial charge in [0.05, 0.1) is 17.8 Å². The first-order valence-electron chi connectivity index (χ1n) is 11.8. The van der Waals surface area contributed by atoms with E-state index in [-0.39, 0.29) is 11.8 Å². The van der Waals surface area contributed by atoms with Crippen LogP contribution in [0.4, 0.5) is 5.69 Å². The van der Waals surface area contributed by atoms with Crippen molar-refractivity contribution in [2.45, 2.75) is 16.3 Å². The first-order chi connectivity index (χ1) is 18.0. The number of anilines is 1. The van der Waals surface area contributed by atoms with Crippen molar-refractivity contribution < 1.29 is 14.3 Å². The van der Waals surface area contributed by atoms with Crippen LogP contribution in [-0.2, 0) is 6.54 Å². The molecule has 7 nitrogen and oxygen atoms in total. The van der Waals surface area contributed by atoms with E-state index < -0.39 is 0 Å². The van der Waals surface area contributed by atoms with Crippen LogP contribution in [0.2, 0.25) is 0 Å². The minimum atomic E-state index is -0.210. The molecule has 0 aliphatic carbocycles. The van der Waals surface area contributed by atoms with Crippen LogP contribution in [0.1, 0.15) is 25.6 Å². The molecular weight excluding hydrogens is 504 g/mol. The molecule has 0 bridgehead atoms. The number of aromatic nitrogens is 1. The van der Waals surface area contributed by atoms with E-state index in [0.717, 1.165) is 37.5 Å². The summed E-state index contributed by atoms with van der Waals surface area (Å²) in [6.07, 6.45) is 1.78. The van der Waals surface area contributed by atoms with Gasteiger partial charge in [-0.2, -0.15) is 0 Å². The number of benzene rings is 3. The third kappa shape index (κ3) is 6.02. The summed E-state index contributed by atoms with van der Waals surface area (Å²) in [7, 11) is 4.03. The zero-order valence-electron chi connectivity index (χ0n) is 20.5. The molecule has 0 unspecified atom stereocenters. The van der Waals surface area contributed by atoms with E-state index in [9.17, 15) is 9.59 Å². The van der Waals surface area contributed by atoms with E-state index in [1.807, 2.05) is 62.6 Å². The Morgan fingerprint density at radius 1 is 1.05 bits per heavy atom. The van der Waals surface area contributed by atoms with E-state index in [0.29, 0.717) is 30.0 Å². The molecule has 1 aliphatic rings. The van der Waals surface area contributed by atoms with Crippen LogP contribution in [0, 0.1) is 0 Å². The molecule has 0 fully saturated rings. The van der Waals surface area contributed by atoms with Crippen molar-refractivity contribution in [1.82, 2.24) is 15.2 Å². The Labute approximate surface area is 223 Å². The maximum atomic E-state index is 12.9. The third-order valence-corrected chi connectivity index (χ3v) is 7.93. The monoisotopic (exact) mass is 530 g/mol. The highest BCUT2D eigenvalue weighted by molar-refractivity contribution is 7.99. The predicted molar refractivity (Wildman–Crippen MR) is 148 cm³/mol. The molecule has 2 amide bonds. The van der Waals surface area contributed by atoms with Gasteiger partial charge in [0, 0.05) is 38.5 Å². The topological polar surface area (TPSA) is 83.6 Å². The minimum Gasteiger partial charge on any atom is -0.492 e. The van der Waals surface area contributed by atoms with Gasteiger partial charge in [0.25, 0.3) is 11.8 Å². The Hall–Kier alpha value is -3.66. The summed E-state index contributed by atoms with van der Waals surface area (Å²) in [5.74, 6) is 0.441. The van der Waals surface area contributed by atoms with Crippen LogP contribution in [0.15, 0.2) is 82.7 Å². The van der Waals surface area contributed by atoms with E-state index in [2.05, 4.69) is 20.5 Å². The van der Waals surface area contributed by atoms with Crippen LogP contribution in [-0.4, -0.2) is 48.9 Å². The van der Waals surface area contributed by atoms with Gasteiger partial charge in [-0.3, -0.25) is 9.59 Å². The summed E-state index contributed by atoms with van der Waals surface area (Å²) in [5.41, 5.74) is 2.75. The SMILES string of the molecule is CN(C)CCOc1ccc(-c2ncc(CNC(=O)c3ccc4c(c3)NC(=O)c3ccccc3S4)s2)cc1. The largest absolute Gasteiger partial charge is 0.492 e. The molecule has 5 rings (SSSR count). The molecule has 2 N–H and O–H groups in total. The smallest absolute Gasteiger partial charge is 0.256 e. The quantitative estimate of drug-likeness (QED) is 0.318. The van der Waals surface area contributed by atoms with Crippen LogP contribution in [0.25, 0.3) is 10.6 Å². The zero-order chi connectivity index (χ0) is 25.8. The summed E-state index contributed by atoms with van der Waals surface area (Å²) in [6, 6.07) is 20.7. The van der Waals surface area contributed by atoms with Crippen LogP contribution in [0.5, 0.6) is 5.75 Å². The highest BCUT2D eigenvalue weighted by Gasteiger charge is 2.20. The fourth-order valence-corrected chi connectivity index (χ4v) is 5.61. The number of thiazole rings is 1. The number of carbonyl (C=O) groups excluding carboxylic acids is 2. The van der Waals surface area contributed by atoms with Crippen molar-refractivity contribution in [3.05, 3.63) is 88.9 Å². The first-order valence-corrected chi connectivity index (χ1v) is 13.4. The number of rotatable bonds is 8. The van der Waals surface area contributed by atoms with Gasteiger partial charge >= 0.3 is 0 Å². The number of fused-ring (bicyclic) bond motifs is 2. The number of hydrogen-bond donors (Lipinski definition) is 2. The van der Waals surface area contributed by atoms with E-state index in [1.54, 1.807) is 24.4 Å². The van der Waals surface area contributed by atoms with Crippen LogP contribution >= 0.6 is 23.1 Å². The second kappa shape index (κ2) is 11.2. The van der Waals surface area contributed by atoms with Gasteiger partial charge in [0.2, 0.25) is 0 Å². The van der Waals surface area contributed by atoms with Gasteiger partial charge in [-0.05, 0) is 68.7 Å². The maximum Gasteiger partial charge on any atom is 0.256 e. The number of likely N-dealkylation sites (N-methyl/N-ethyl adjacent to an activating group) is 1. The molecule has 0 atom stereocenters. The van der Waals surface area contributed by atoms with Gasteiger partial charge in [-0.15, -0.1) is 11.3 Å². The fourth-order valence-electron chi connectivity index (χ4n) is 3.74. The Bertz CT molecular complexity index is 1430. The van der Waals surface area contributed by atoms with Gasteiger partial charge in [-0.1, -0.05) is 23.9 Å². The highest BCUT2D eigenvalue weighted by Crippen LogP contribution is 2.39. The summed E-state index contributed by atoms with van der Waals surface area (Å²) in [4.78, 5) is 34.8. The Morgan fingerprint density at radius 2 is 1.86 bits per heavy atom. The summed E-state index contributed by atoms with van der Waals surface area (Å²) in [5, 5.41) is 6.77. The Kier molecular flexibility index (Phi) is 7.55. The number of carbonyl (C=O) groups is 2. The van der Waals surface area contributed by atoms with Crippen LogP contribution < -0.4 is 15.4 Å². The molecule has 37 heavy (non-hydrogen) atoms.